The van der Waals surface area contributed by atoms with Crippen molar-refractivity contribution in [2.45, 2.75) is 315 Å². The van der Waals surface area contributed by atoms with Gasteiger partial charge in [-0.15, -0.1) is 0 Å². The van der Waals surface area contributed by atoms with E-state index in [0.29, 0.717) is 6.42 Å². The summed E-state index contributed by atoms with van der Waals surface area (Å²) in [4.78, 5) is 12.5. The minimum Gasteiger partial charge on any atom is -0.394 e. The average Bonchev–Trinajstić information content (AvgIpc) is 3.25. The molecular formula is C55H107NO4. The van der Waals surface area contributed by atoms with E-state index in [4.69, 9.17) is 0 Å². The number of amides is 1. The highest BCUT2D eigenvalue weighted by Crippen LogP contribution is 2.18. The highest BCUT2D eigenvalue weighted by atomic mass is 16.3. The lowest BCUT2D eigenvalue weighted by atomic mass is 10.0. The molecule has 0 aromatic heterocycles. The van der Waals surface area contributed by atoms with Crippen LogP contribution in [0, 0.1) is 0 Å². The van der Waals surface area contributed by atoms with Gasteiger partial charge in [0.1, 0.15) is 6.10 Å². The third kappa shape index (κ3) is 44.9. The van der Waals surface area contributed by atoms with Gasteiger partial charge in [0.15, 0.2) is 0 Å². The van der Waals surface area contributed by atoms with Crippen molar-refractivity contribution in [2.75, 3.05) is 6.61 Å². The van der Waals surface area contributed by atoms with Gasteiger partial charge in [0.25, 0.3) is 0 Å². The first-order valence-corrected chi connectivity index (χ1v) is 27.2. The predicted molar refractivity (Wildman–Crippen MR) is 264 cm³/mol. The molecule has 3 atom stereocenters. The molecule has 0 spiro atoms. The molecule has 1 amide bonds. The van der Waals surface area contributed by atoms with Gasteiger partial charge in [0.05, 0.1) is 18.8 Å². The molecular weight excluding hydrogens is 739 g/mol. The quantitative estimate of drug-likeness (QED) is 0.0363. The number of hydrogen-bond donors (Lipinski definition) is 4. The number of carbonyl (C=O) groups is 1. The molecule has 0 aliphatic carbocycles. The van der Waals surface area contributed by atoms with Crippen molar-refractivity contribution in [3.05, 3.63) is 24.3 Å². The molecule has 0 aliphatic rings. The second-order valence-electron chi connectivity index (χ2n) is 18.8. The van der Waals surface area contributed by atoms with E-state index in [2.05, 4.69) is 31.3 Å². The van der Waals surface area contributed by atoms with E-state index >= 15 is 0 Å². The molecule has 0 radical (unpaired) electrons. The predicted octanol–water partition coefficient (Wildman–Crippen LogP) is 16.5. The molecule has 0 aliphatic heterocycles. The molecule has 4 N–H and O–H groups in total. The Kier molecular flexibility index (Phi) is 49.5. The van der Waals surface area contributed by atoms with Crippen molar-refractivity contribution < 1.29 is 20.1 Å². The van der Waals surface area contributed by atoms with Crippen molar-refractivity contribution in [2.24, 2.45) is 0 Å². The molecule has 0 fully saturated rings. The van der Waals surface area contributed by atoms with Gasteiger partial charge in [0.2, 0.25) is 5.91 Å². The lowest BCUT2D eigenvalue weighted by molar-refractivity contribution is -0.131. The van der Waals surface area contributed by atoms with Crippen molar-refractivity contribution in [1.29, 1.82) is 0 Å². The number of aliphatic hydroxyl groups excluding tert-OH is 3. The third-order valence-electron chi connectivity index (χ3n) is 12.8. The van der Waals surface area contributed by atoms with Crippen LogP contribution in [0.15, 0.2) is 24.3 Å². The number of hydrogen-bond acceptors (Lipinski definition) is 4. The van der Waals surface area contributed by atoms with E-state index in [-0.39, 0.29) is 6.61 Å². The Bertz CT molecular complexity index is 890. The largest absolute Gasteiger partial charge is 0.394 e. The lowest BCUT2D eigenvalue weighted by Gasteiger charge is -2.21. The molecule has 5 nitrogen and oxygen atoms in total. The maximum Gasteiger partial charge on any atom is 0.249 e. The lowest BCUT2D eigenvalue weighted by Crippen LogP contribution is -2.48. The van der Waals surface area contributed by atoms with Gasteiger partial charge in [-0.1, -0.05) is 289 Å². The molecule has 0 saturated heterocycles. The summed E-state index contributed by atoms with van der Waals surface area (Å²) in [5, 5.41) is 33.1. The molecule has 0 heterocycles. The van der Waals surface area contributed by atoms with E-state index in [1.165, 1.54) is 238 Å². The fourth-order valence-corrected chi connectivity index (χ4v) is 8.56. The van der Waals surface area contributed by atoms with Gasteiger partial charge < -0.3 is 20.6 Å². The van der Waals surface area contributed by atoms with Crippen LogP contribution >= 0.6 is 0 Å². The number of carbonyl (C=O) groups excluding carboxylic acids is 1. The summed E-state index contributed by atoms with van der Waals surface area (Å²) in [5.74, 6) is -0.509. The second-order valence-corrected chi connectivity index (χ2v) is 18.8. The Morgan fingerprint density at radius 3 is 1.02 bits per heavy atom. The summed E-state index contributed by atoms with van der Waals surface area (Å²) in [6.07, 6.45) is 64.2. The van der Waals surface area contributed by atoms with E-state index in [1.807, 2.05) is 6.08 Å². The molecule has 0 aromatic carbocycles. The first kappa shape index (κ1) is 58.8. The zero-order chi connectivity index (χ0) is 43.7. The Balaban J connectivity index is 3.45. The van der Waals surface area contributed by atoms with Crippen LogP contribution in [-0.2, 0) is 4.79 Å². The SMILES string of the molecule is CCCCCCCC/C=C/CC/C=C/C(O)C(CO)NC(=O)C(O)CCCCCCCCCCCCCCCCCCCCCCCCCCCCCCCCCCCC. The second kappa shape index (κ2) is 50.5. The topological polar surface area (TPSA) is 89.8 Å². The van der Waals surface area contributed by atoms with Crippen LogP contribution in [0.1, 0.15) is 296 Å². The van der Waals surface area contributed by atoms with Gasteiger partial charge in [-0.2, -0.15) is 0 Å². The molecule has 5 heteroatoms. The Labute approximate surface area is 375 Å². The fourth-order valence-electron chi connectivity index (χ4n) is 8.56. The standard InChI is InChI=1S/C55H107NO4/c1-3-5-7-9-11-13-15-17-18-19-20-21-22-23-24-25-26-27-28-29-30-31-32-33-34-35-36-37-38-40-42-44-46-48-50-54(59)55(60)56-52(51-57)53(58)49-47-45-43-41-39-16-14-12-10-8-6-4-2/h39,41,47,49,52-54,57-59H,3-38,40,42-46,48,50-51H2,1-2H3,(H,56,60)/b41-39+,49-47+. The van der Waals surface area contributed by atoms with Crippen LogP contribution in [0.3, 0.4) is 0 Å². The highest BCUT2D eigenvalue weighted by molar-refractivity contribution is 5.80. The average molecular weight is 846 g/mol. The van der Waals surface area contributed by atoms with Crippen LogP contribution in [0.4, 0.5) is 0 Å². The molecule has 0 aromatic rings. The summed E-state index contributed by atoms with van der Waals surface area (Å²) < 4.78 is 0. The maximum atomic E-state index is 12.5. The molecule has 0 saturated carbocycles. The molecule has 60 heavy (non-hydrogen) atoms. The fraction of sp³-hybridized carbons (Fsp3) is 0.909. The van der Waals surface area contributed by atoms with Gasteiger partial charge in [-0.05, 0) is 32.1 Å². The summed E-state index contributed by atoms with van der Waals surface area (Å²) in [5.41, 5.74) is 0. The van der Waals surface area contributed by atoms with Gasteiger partial charge >= 0.3 is 0 Å². The van der Waals surface area contributed by atoms with Gasteiger partial charge in [-0.25, -0.2) is 0 Å². The van der Waals surface area contributed by atoms with Crippen molar-refractivity contribution in [1.82, 2.24) is 5.32 Å². The maximum absolute atomic E-state index is 12.5. The van der Waals surface area contributed by atoms with Crippen LogP contribution < -0.4 is 5.32 Å². The molecule has 356 valence electrons. The van der Waals surface area contributed by atoms with Gasteiger partial charge in [-0.3, -0.25) is 4.79 Å². The number of nitrogens with one attached hydrogen (secondary N) is 1. The normalized spacial score (nSPS) is 13.5. The Morgan fingerprint density at radius 2 is 0.683 bits per heavy atom. The zero-order valence-electron chi connectivity index (χ0n) is 40.6. The highest BCUT2D eigenvalue weighted by Gasteiger charge is 2.22. The van der Waals surface area contributed by atoms with E-state index in [0.717, 1.165) is 38.5 Å². The summed E-state index contributed by atoms with van der Waals surface area (Å²) >= 11 is 0. The third-order valence-corrected chi connectivity index (χ3v) is 12.8. The van der Waals surface area contributed by atoms with Crippen LogP contribution in [-0.4, -0.2) is 46.1 Å². The van der Waals surface area contributed by atoms with Crippen molar-refractivity contribution in [3.63, 3.8) is 0 Å². The minimum atomic E-state index is -1.10. The van der Waals surface area contributed by atoms with Crippen LogP contribution in [0.25, 0.3) is 0 Å². The van der Waals surface area contributed by atoms with Gasteiger partial charge in [0, 0.05) is 0 Å². The Hall–Kier alpha value is -1.17. The van der Waals surface area contributed by atoms with Crippen LogP contribution in [0.5, 0.6) is 0 Å². The molecule has 0 rings (SSSR count). The summed E-state index contributed by atoms with van der Waals surface area (Å²) in [6.45, 7) is 4.17. The molecule has 0 bridgehead atoms. The molecule has 3 unspecified atom stereocenters. The van der Waals surface area contributed by atoms with E-state index in [9.17, 15) is 20.1 Å². The number of rotatable bonds is 50. The minimum absolute atomic E-state index is 0.373. The van der Waals surface area contributed by atoms with Crippen LogP contribution in [0.2, 0.25) is 0 Å². The van der Waals surface area contributed by atoms with E-state index in [1.54, 1.807) is 6.08 Å². The number of unbranched alkanes of at least 4 members (excludes halogenated alkanes) is 40. The van der Waals surface area contributed by atoms with E-state index < -0.39 is 24.2 Å². The monoisotopic (exact) mass is 846 g/mol. The zero-order valence-corrected chi connectivity index (χ0v) is 40.6. The number of aliphatic hydroxyl groups is 3. The van der Waals surface area contributed by atoms with Crippen molar-refractivity contribution in [3.8, 4) is 0 Å². The first-order chi connectivity index (χ1) is 29.6. The number of allylic oxidation sites excluding steroid dienone is 3. The summed E-state index contributed by atoms with van der Waals surface area (Å²) in [7, 11) is 0. The first-order valence-electron chi connectivity index (χ1n) is 27.2. The Morgan fingerprint density at radius 1 is 0.400 bits per heavy atom. The smallest absolute Gasteiger partial charge is 0.249 e. The van der Waals surface area contributed by atoms with Crippen molar-refractivity contribution >= 4 is 5.91 Å². The summed E-state index contributed by atoms with van der Waals surface area (Å²) in [6, 6.07) is -0.810.